The highest BCUT2D eigenvalue weighted by Crippen LogP contribution is 2.32. The molecule has 11 heteroatoms. The number of carbonyl (C=O) groups is 2. The van der Waals surface area contributed by atoms with E-state index >= 15 is 0 Å². The molecule has 2 amide bonds. The van der Waals surface area contributed by atoms with Crippen molar-refractivity contribution in [2.45, 2.75) is 18.5 Å². The molecule has 31 heavy (non-hydrogen) atoms. The Bertz CT molecular complexity index is 1180. The monoisotopic (exact) mass is 438 g/mol. The van der Waals surface area contributed by atoms with Crippen molar-refractivity contribution in [3.8, 4) is 5.69 Å². The molecule has 0 fully saturated rings. The molecule has 1 aliphatic heterocycles. The standard InChI is InChI=1S/C20H18N6O4S/c1-13(27)22-15-3-2-4-16(10-15)25-12-21-23-20(25)31-11-19(28)24-8-7-14-9-17(26(29)30)5-6-18(14)24/h2-6,9-10,12H,7-8,11H2,1H3,(H,22,27). The van der Waals surface area contributed by atoms with Crippen molar-refractivity contribution in [3.05, 3.63) is 64.5 Å². The Hall–Kier alpha value is -3.73. The zero-order valence-corrected chi connectivity index (χ0v) is 17.3. The maximum absolute atomic E-state index is 12.8. The van der Waals surface area contributed by atoms with Gasteiger partial charge in [0.25, 0.3) is 5.69 Å². The van der Waals surface area contributed by atoms with Gasteiger partial charge in [0, 0.05) is 37.0 Å². The van der Waals surface area contributed by atoms with Gasteiger partial charge in [-0.3, -0.25) is 24.3 Å². The number of nitro benzene ring substituents is 1. The van der Waals surface area contributed by atoms with Gasteiger partial charge in [0.1, 0.15) is 6.33 Å². The molecule has 1 aliphatic rings. The van der Waals surface area contributed by atoms with Gasteiger partial charge in [-0.2, -0.15) is 0 Å². The normalized spacial score (nSPS) is 12.5. The highest BCUT2D eigenvalue weighted by atomic mass is 32.2. The van der Waals surface area contributed by atoms with Gasteiger partial charge in [-0.05, 0) is 36.2 Å². The number of rotatable bonds is 6. The fourth-order valence-electron chi connectivity index (χ4n) is 3.40. The van der Waals surface area contributed by atoms with Crippen LogP contribution in [0.5, 0.6) is 0 Å². The molecule has 4 rings (SSSR count). The molecule has 0 unspecified atom stereocenters. The lowest BCUT2D eigenvalue weighted by Crippen LogP contribution is -2.30. The Morgan fingerprint density at radius 3 is 2.87 bits per heavy atom. The molecule has 2 heterocycles. The molecule has 0 bridgehead atoms. The molecular formula is C20H18N6O4S. The van der Waals surface area contributed by atoms with Crippen molar-refractivity contribution in [1.82, 2.24) is 14.8 Å². The second-order valence-corrected chi connectivity index (χ2v) is 7.81. The highest BCUT2D eigenvalue weighted by molar-refractivity contribution is 7.99. The number of non-ortho nitro benzene ring substituents is 1. The van der Waals surface area contributed by atoms with E-state index in [0.29, 0.717) is 29.5 Å². The van der Waals surface area contributed by atoms with Crippen LogP contribution in [0, 0.1) is 10.1 Å². The summed E-state index contributed by atoms with van der Waals surface area (Å²) in [5.41, 5.74) is 2.93. The third kappa shape index (κ3) is 4.40. The van der Waals surface area contributed by atoms with Crippen molar-refractivity contribution >= 4 is 40.6 Å². The van der Waals surface area contributed by atoms with E-state index in [1.165, 1.54) is 30.8 Å². The van der Waals surface area contributed by atoms with Gasteiger partial charge in [-0.25, -0.2) is 0 Å². The lowest BCUT2D eigenvalue weighted by molar-refractivity contribution is -0.384. The minimum atomic E-state index is -0.436. The second kappa shape index (κ2) is 8.56. The summed E-state index contributed by atoms with van der Waals surface area (Å²) in [6.07, 6.45) is 2.13. The molecule has 0 atom stereocenters. The highest BCUT2D eigenvalue weighted by Gasteiger charge is 2.26. The summed E-state index contributed by atoms with van der Waals surface area (Å²) >= 11 is 1.25. The number of carbonyl (C=O) groups excluding carboxylic acids is 2. The third-order valence-corrected chi connectivity index (χ3v) is 5.68. The van der Waals surface area contributed by atoms with E-state index in [0.717, 1.165) is 11.3 Å². The quantitative estimate of drug-likeness (QED) is 0.357. The number of anilines is 2. The van der Waals surface area contributed by atoms with Gasteiger partial charge in [-0.1, -0.05) is 17.8 Å². The van der Waals surface area contributed by atoms with E-state index in [4.69, 9.17) is 0 Å². The summed E-state index contributed by atoms with van der Waals surface area (Å²) in [5.74, 6) is -0.142. The van der Waals surface area contributed by atoms with Crippen LogP contribution in [0.25, 0.3) is 5.69 Å². The van der Waals surface area contributed by atoms with Crippen LogP contribution >= 0.6 is 11.8 Å². The van der Waals surface area contributed by atoms with Gasteiger partial charge < -0.3 is 10.2 Å². The maximum atomic E-state index is 12.8. The third-order valence-electron chi connectivity index (χ3n) is 4.76. The first kappa shape index (κ1) is 20.5. The maximum Gasteiger partial charge on any atom is 0.269 e. The van der Waals surface area contributed by atoms with Crippen molar-refractivity contribution in [3.63, 3.8) is 0 Å². The van der Waals surface area contributed by atoms with Crippen LogP contribution in [0.1, 0.15) is 12.5 Å². The zero-order valence-electron chi connectivity index (χ0n) is 16.5. The summed E-state index contributed by atoms with van der Waals surface area (Å²) in [6, 6.07) is 11.8. The van der Waals surface area contributed by atoms with E-state index in [1.54, 1.807) is 40.1 Å². The number of nitro groups is 1. The molecule has 10 nitrogen and oxygen atoms in total. The summed E-state index contributed by atoms with van der Waals surface area (Å²) in [5, 5.41) is 22.3. The first-order valence-corrected chi connectivity index (χ1v) is 10.4. The first-order valence-electron chi connectivity index (χ1n) is 9.41. The Morgan fingerprint density at radius 1 is 1.26 bits per heavy atom. The lowest BCUT2D eigenvalue weighted by atomic mass is 10.1. The number of aromatic nitrogens is 3. The molecule has 0 saturated carbocycles. The Labute approximate surface area is 181 Å². The van der Waals surface area contributed by atoms with Crippen LogP contribution in [0.4, 0.5) is 17.1 Å². The lowest BCUT2D eigenvalue weighted by Gasteiger charge is -2.17. The number of benzene rings is 2. The minimum Gasteiger partial charge on any atom is -0.326 e. The number of thioether (sulfide) groups is 1. The fourth-order valence-corrected chi connectivity index (χ4v) is 4.21. The average molecular weight is 438 g/mol. The predicted octanol–water partition coefficient (Wildman–Crippen LogP) is 2.82. The van der Waals surface area contributed by atoms with Gasteiger partial charge in [-0.15, -0.1) is 10.2 Å². The molecule has 0 saturated heterocycles. The number of hydrogen-bond acceptors (Lipinski definition) is 7. The molecule has 0 radical (unpaired) electrons. The molecule has 2 aromatic carbocycles. The number of amides is 2. The van der Waals surface area contributed by atoms with Crippen molar-refractivity contribution in [1.29, 1.82) is 0 Å². The number of nitrogens with one attached hydrogen (secondary N) is 1. The Kier molecular flexibility index (Phi) is 5.67. The van der Waals surface area contributed by atoms with Gasteiger partial charge in [0.2, 0.25) is 11.8 Å². The fraction of sp³-hybridized carbons (Fsp3) is 0.200. The van der Waals surface area contributed by atoms with E-state index in [1.807, 2.05) is 6.07 Å². The summed E-state index contributed by atoms with van der Waals surface area (Å²) in [7, 11) is 0. The van der Waals surface area contributed by atoms with Crippen LogP contribution in [-0.4, -0.2) is 43.8 Å². The summed E-state index contributed by atoms with van der Waals surface area (Å²) < 4.78 is 1.74. The molecule has 158 valence electrons. The molecular weight excluding hydrogens is 420 g/mol. The number of fused-ring (bicyclic) bond motifs is 1. The SMILES string of the molecule is CC(=O)Nc1cccc(-n2cnnc2SCC(=O)N2CCc3cc([N+](=O)[O-])ccc32)c1. The smallest absolute Gasteiger partial charge is 0.269 e. The molecule has 1 aromatic heterocycles. The first-order chi connectivity index (χ1) is 14.9. The summed E-state index contributed by atoms with van der Waals surface area (Å²) in [4.78, 5) is 36.3. The van der Waals surface area contributed by atoms with Crippen LogP contribution < -0.4 is 10.2 Å². The van der Waals surface area contributed by atoms with Gasteiger partial charge >= 0.3 is 0 Å². The van der Waals surface area contributed by atoms with Crippen molar-refractivity contribution < 1.29 is 14.5 Å². The van der Waals surface area contributed by atoms with E-state index in [9.17, 15) is 19.7 Å². The molecule has 1 N–H and O–H groups in total. The van der Waals surface area contributed by atoms with Crippen molar-refractivity contribution in [2.75, 3.05) is 22.5 Å². The molecule has 0 spiro atoms. The van der Waals surface area contributed by atoms with Crippen LogP contribution in [0.2, 0.25) is 0 Å². The number of hydrogen-bond donors (Lipinski definition) is 1. The largest absolute Gasteiger partial charge is 0.326 e. The van der Waals surface area contributed by atoms with Crippen LogP contribution in [0.3, 0.4) is 0 Å². The van der Waals surface area contributed by atoms with Gasteiger partial charge in [0.05, 0.1) is 16.4 Å². The molecule has 3 aromatic rings. The zero-order chi connectivity index (χ0) is 22.0. The minimum absolute atomic E-state index is 0.0250. The molecule has 0 aliphatic carbocycles. The number of nitrogens with zero attached hydrogens (tertiary/aromatic N) is 5. The Balaban J connectivity index is 1.46. The van der Waals surface area contributed by atoms with Crippen LogP contribution in [-0.2, 0) is 16.0 Å². The van der Waals surface area contributed by atoms with Crippen molar-refractivity contribution in [2.24, 2.45) is 0 Å². The van der Waals surface area contributed by atoms with E-state index in [-0.39, 0.29) is 23.3 Å². The predicted molar refractivity (Wildman–Crippen MR) is 116 cm³/mol. The summed E-state index contributed by atoms with van der Waals surface area (Å²) in [6.45, 7) is 1.92. The van der Waals surface area contributed by atoms with Gasteiger partial charge in [0.15, 0.2) is 5.16 Å². The van der Waals surface area contributed by atoms with E-state index < -0.39 is 4.92 Å². The second-order valence-electron chi connectivity index (χ2n) is 6.87. The van der Waals surface area contributed by atoms with Crippen LogP contribution in [0.15, 0.2) is 53.9 Å². The topological polar surface area (TPSA) is 123 Å². The Morgan fingerprint density at radius 2 is 2.10 bits per heavy atom. The average Bonchev–Trinajstić information content (AvgIpc) is 3.38. The van der Waals surface area contributed by atoms with E-state index in [2.05, 4.69) is 15.5 Å².